The van der Waals surface area contributed by atoms with Gasteiger partial charge in [-0.3, -0.25) is 4.79 Å². The first-order chi connectivity index (χ1) is 9.77. The van der Waals surface area contributed by atoms with Crippen LogP contribution < -0.4 is 11.1 Å². The molecular weight excluding hydrogens is 296 g/mol. The highest BCUT2D eigenvalue weighted by atomic mass is 35.5. The number of hydrogen-bond acceptors (Lipinski definition) is 2. The molecule has 124 valence electrons. The number of amides is 1. The van der Waals surface area contributed by atoms with Gasteiger partial charge in [0.2, 0.25) is 5.91 Å². The fourth-order valence-corrected chi connectivity index (χ4v) is 2.94. The minimum Gasteiger partial charge on any atom is -0.349 e. The summed E-state index contributed by atoms with van der Waals surface area (Å²) in [5.74, 6) is 0.242. The Bertz CT molecular complexity index is 493. The third-order valence-corrected chi connectivity index (χ3v) is 4.48. The molecule has 0 spiro atoms. The largest absolute Gasteiger partial charge is 0.349 e. The number of nitrogens with two attached hydrogens (primary N) is 1. The summed E-state index contributed by atoms with van der Waals surface area (Å²) in [4.78, 5) is 12.2. The lowest BCUT2D eigenvalue weighted by Crippen LogP contribution is -2.32. The molecule has 0 aromatic heterocycles. The average Bonchev–Trinajstić information content (AvgIpc) is 2.84. The van der Waals surface area contributed by atoms with E-state index in [1.807, 2.05) is 6.92 Å². The molecular formula is C18H29ClN2O. The van der Waals surface area contributed by atoms with Crippen molar-refractivity contribution in [2.45, 2.75) is 64.5 Å². The quantitative estimate of drug-likeness (QED) is 0.890. The molecule has 1 fully saturated rings. The summed E-state index contributed by atoms with van der Waals surface area (Å²) < 4.78 is 0. The van der Waals surface area contributed by atoms with E-state index < -0.39 is 0 Å². The van der Waals surface area contributed by atoms with Crippen LogP contribution in [0.4, 0.5) is 0 Å². The molecule has 0 heterocycles. The maximum atomic E-state index is 12.2. The predicted octanol–water partition coefficient (Wildman–Crippen LogP) is 3.71. The highest BCUT2D eigenvalue weighted by Crippen LogP contribution is 2.26. The molecule has 4 heteroatoms. The number of carbonyl (C=O) groups excluding carboxylic acids is 1. The Kier molecular flexibility index (Phi) is 6.45. The standard InChI is InChI=1S/C18H28N2O.ClH/c1-12(20-17(21)14-7-10-16(19)11-14)13-5-8-15(9-6-13)18(2,3)4;/h5-6,8-9,12,14,16H,7,10-11,19H2,1-4H3,(H,20,21);1H. The Labute approximate surface area is 140 Å². The van der Waals surface area contributed by atoms with Crippen LogP contribution in [0.5, 0.6) is 0 Å². The van der Waals surface area contributed by atoms with Gasteiger partial charge in [0.15, 0.2) is 0 Å². The first-order valence-electron chi connectivity index (χ1n) is 7.94. The zero-order chi connectivity index (χ0) is 15.6. The van der Waals surface area contributed by atoms with Crippen molar-refractivity contribution in [2.75, 3.05) is 0 Å². The summed E-state index contributed by atoms with van der Waals surface area (Å²) in [7, 11) is 0. The van der Waals surface area contributed by atoms with E-state index in [1.165, 1.54) is 5.56 Å². The fourth-order valence-electron chi connectivity index (χ4n) is 2.94. The molecule has 1 aliphatic carbocycles. The van der Waals surface area contributed by atoms with E-state index in [-0.39, 0.29) is 41.7 Å². The SMILES string of the molecule is CC(NC(=O)C1CCC(N)C1)c1ccc(C(C)(C)C)cc1.Cl. The second-order valence-corrected chi connectivity index (χ2v) is 7.37. The zero-order valence-electron chi connectivity index (χ0n) is 14.1. The van der Waals surface area contributed by atoms with Gasteiger partial charge in [0, 0.05) is 12.0 Å². The average molecular weight is 325 g/mol. The molecule has 0 radical (unpaired) electrons. The van der Waals surface area contributed by atoms with E-state index >= 15 is 0 Å². The van der Waals surface area contributed by atoms with Gasteiger partial charge in [-0.1, -0.05) is 45.0 Å². The van der Waals surface area contributed by atoms with Crippen LogP contribution in [0.25, 0.3) is 0 Å². The summed E-state index contributed by atoms with van der Waals surface area (Å²) in [5.41, 5.74) is 8.50. The molecule has 1 saturated carbocycles. The molecule has 1 aromatic rings. The molecule has 3 unspecified atom stereocenters. The van der Waals surface area contributed by atoms with E-state index in [0.717, 1.165) is 24.8 Å². The number of rotatable bonds is 3. The molecule has 1 aliphatic rings. The number of carbonyl (C=O) groups is 1. The molecule has 3 atom stereocenters. The van der Waals surface area contributed by atoms with Crippen LogP contribution in [0.2, 0.25) is 0 Å². The maximum Gasteiger partial charge on any atom is 0.223 e. The highest BCUT2D eigenvalue weighted by Gasteiger charge is 2.28. The minimum atomic E-state index is 0. The lowest BCUT2D eigenvalue weighted by molar-refractivity contribution is -0.125. The monoisotopic (exact) mass is 324 g/mol. The van der Waals surface area contributed by atoms with Crippen LogP contribution in [0.1, 0.15) is 64.1 Å². The van der Waals surface area contributed by atoms with Gasteiger partial charge in [0.25, 0.3) is 0 Å². The lowest BCUT2D eigenvalue weighted by Gasteiger charge is -2.21. The van der Waals surface area contributed by atoms with Gasteiger partial charge in [-0.15, -0.1) is 12.4 Å². The molecule has 0 bridgehead atoms. The number of hydrogen-bond donors (Lipinski definition) is 2. The third kappa shape index (κ3) is 4.72. The molecule has 0 saturated heterocycles. The number of nitrogens with one attached hydrogen (secondary N) is 1. The molecule has 0 aliphatic heterocycles. The Hall–Kier alpha value is -1.06. The van der Waals surface area contributed by atoms with Gasteiger partial charge in [-0.2, -0.15) is 0 Å². The van der Waals surface area contributed by atoms with Crippen molar-refractivity contribution in [2.24, 2.45) is 11.7 Å². The van der Waals surface area contributed by atoms with Crippen LogP contribution in [0.15, 0.2) is 24.3 Å². The summed E-state index contributed by atoms with van der Waals surface area (Å²) in [6, 6.07) is 8.79. The Morgan fingerprint density at radius 1 is 1.23 bits per heavy atom. The number of benzene rings is 1. The topological polar surface area (TPSA) is 55.1 Å². The molecule has 3 N–H and O–H groups in total. The van der Waals surface area contributed by atoms with Gasteiger partial charge >= 0.3 is 0 Å². The highest BCUT2D eigenvalue weighted by molar-refractivity contribution is 5.85. The van der Waals surface area contributed by atoms with Gasteiger partial charge in [0.05, 0.1) is 6.04 Å². The van der Waals surface area contributed by atoms with Crippen molar-refractivity contribution in [1.82, 2.24) is 5.32 Å². The van der Waals surface area contributed by atoms with E-state index in [4.69, 9.17) is 5.73 Å². The van der Waals surface area contributed by atoms with Crippen molar-refractivity contribution in [3.05, 3.63) is 35.4 Å². The van der Waals surface area contributed by atoms with Crippen LogP contribution >= 0.6 is 12.4 Å². The lowest BCUT2D eigenvalue weighted by atomic mass is 9.86. The second-order valence-electron chi connectivity index (χ2n) is 7.37. The Balaban J connectivity index is 0.00000242. The van der Waals surface area contributed by atoms with Crippen molar-refractivity contribution in [1.29, 1.82) is 0 Å². The molecule has 22 heavy (non-hydrogen) atoms. The summed E-state index contributed by atoms with van der Waals surface area (Å²) >= 11 is 0. The third-order valence-electron chi connectivity index (χ3n) is 4.48. The van der Waals surface area contributed by atoms with E-state index in [2.05, 4.69) is 50.4 Å². The fraction of sp³-hybridized carbons (Fsp3) is 0.611. The minimum absolute atomic E-state index is 0. The van der Waals surface area contributed by atoms with Crippen LogP contribution in [0, 0.1) is 5.92 Å². The van der Waals surface area contributed by atoms with E-state index in [9.17, 15) is 4.79 Å². The van der Waals surface area contributed by atoms with Gasteiger partial charge in [-0.05, 0) is 42.7 Å². The molecule has 1 amide bonds. The summed E-state index contributed by atoms with van der Waals surface area (Å²) in [6.45, 7) is 8.66. The first-order valence-corrected chi connectivity index (χ1v) is 7.94. The maximum absolute atomic E-state index is 12.2. The summed E-state index contributed by atoms with van der Waals surface area (Å²) in [5, 5.41) is 3.12. The summed E-state index contributed by atoms with van der Waals surface area (Å²) in [6.07, 6.45) is 2.71. The Morgan fingerprint density at radius 2 is 1.82 bits per heavy atom. The van der Waals surface area contributed by atoms with Crippen LogP contribution in [-0.4, -0.2) is 11.9 Å². The Morgan fingerprint density at radius 3 is 2.27 bits per heavy atom. The second kappa shape index (κ2) is 7.47. The molecule has 2 rings (SSSR count). The van der Waals surface area contributed by atoms with Crippen molar-refractivity contribution in [3.8, 4) is 0 Å². The smallest absolute Gasteiger partial charge is 0.223 e. The van der Waals surface area contributed by atoms with Gasteiger partial charge in [0.1, 0.15) is 0 Å². The molecule has 3 nitrogen and oxygen atoms in total. The van der Waals surface area contributed by atoms with Crippen LogP contribution in [-0.2, 0) is 10.2 Å². The van der Waals surface area contributed by atoms with Crippen LogP contribution in [0.3, 0.4) is 0 Å². The van der Waals surface area contributed by atoms with E-state index in [0.29, 0.717) is 0 Å². The van der Waals surface area contributed by atoms with Crippen molar-refractivity contribution < 1.29 is 4.79 Å². The van der Waals surface area contributed by atoms with Crippen molar-refractivity contribution >= 4 is 18.3 Å². The van der Waals surface area contributed by atoms with Crippen molar-refractivity contribution in [3.63, 3.8) is 0 Å². The molecule has 1 aromatic carbocycles. The normalized spacial score (nSPS) is 22.8. The zero-order valence-corrected chi connectivity index (χ0v) is 14.9. The van der Waals surface area contributed by atoms with E-state index in [1.54, 1.807) is 0 Å². The predicted molar refractivity (Wildman–Crippen MR) is 94.3 cm³/mol. The van der Waals surface area contributed by atoms with Gasteiger partial charge in [-0.25, -0.2) is 0 Å². The first kappa shape index (κ1) is 19.0. The van der Waals surface area contributed by atoms with Gasteiger partial charge < -0.3 is 11.1 Å². The number of halogens is 1.